The van der Waals surface area contributed by atoms with E-state index in [9.17, 15) is 19.5 Å². The van der Waals surface area contributed by atoms with Crippen molar-refractivity contribution in [3.63, 3.8) is 0 Å². The molecule has 0 bridgehead atoms. The number of carboxylic acid groups (broad SMARTS) is 1. The Kier molecular flexibility index (Phi) is 5.66. The maximum absolute atomic E-state index is 12.7. The van der Waals surface area contributed by atoms with E-state index in [1.807, 2.05) is 6.07 Å². The Hall–Kier alpha value is -2.99. The van der Waals surface area contributed by atoms with Crippen LogP contribution in [0.4, 0.5) is 5.69 Å². The van der Waals surface area contributed by atoms with Crippen LogP contribution in [0.1, 0.15) is 35.7 Å². The third kappa shape index (κ3) is 4.60. The van der Waals surface area contributed by atoms with Crippen molar-refractivity contribution in [2.24, 2.45) is 0 Å². The molecule has 0 spiro atoms. The number of carbonyl (C=O) groups is 3. The first-order valence-electron chi connectivity index (χ1n) is 8.94. The van der Waals surface area contributed by atoms with Crippen molar-refractivity contribution in [2.75, 3.05) is 11.9 Å². The number of rotatable bonds is 8. The first-order chi connectivity index (χ1) is 13.0. The zero-order valence-electron chi connectivity index (χ0n) is 15.1. The molecule has 3 rings (SSSR count). The topological polar surface area (TPSA) is 86.7 Å². The summed E-state index contributed by atoms with van der Waals surface area (Å²) in [6.07, 6.45) is 1.79. The second-order valence-corrected chi connectivity index (χ2v) is 6.71. The molecule has 1 saturated carbocycles. The zero-order valence-corrected chi connectivity index (χ0v) is 15.1. The predicted molar refractivity (Wildman–Crippen MR) is 102 cm³/mol. The van der Waals surface area contributed by atoms with Gasteiger partial charge in [0, 0.05) is 17.2 Å². The van der Waals surface area contributed by atoms with Crippen LogP contribution in [0.3, 0.4) is 0 Å². The molecule has 0 aromatic heterocycles. The molecule has 1 unspecified atom stereocenters. The summed E-state index contributed by atoms with van der Waals surface area (Å²) in [6.45, 7) is 1.56. The predicted octanol–water partition coefficient (Wildman–Crippen LogP) is 2.79. The molecule has 140 valence electrons. The fourth-order valence-corrected chi connectivity index (χ4v) is 3.02. The standard InChI is InChI=1S/C21H22N2O4/c1-14(21(26)27)23(16-11-12-16)13-19(24)22-18-10-6-5-9-17(18)20(25)15-7-3-2-4-8-15/h2-10,14,16H,11-13H2,1H3,(H,22,24)(H,26,27). The minimum atomic E-state index is -0.950. The van der Waals surface area contributed by atoms with Crippen LogP contribution in [0.2, 0.25) is 0 Å². The largest absolute Gasteiger partial charge is 0.480 e. The summed E-state index contributed by atoms with van der Waals surface area (Å²) in [5.41, 5.74) is 1.37. The van der Waals surface area contributed by atoms with Gasteiger partial charge < -0.3 is 10.4 Å². The summed E-state index contributed by atoms with van der Waals surface area (Å²) >= 11 is 0. The maximum Gasteiger partial charge on any atom is 0.320 e. The van der Waals surface area contributed by atoms with E-state index in [4.69, 9.17) is 0 Å². The molecular formula is C21H22N2O4. The molecule has 27 heavy (non-hydrogen) atoms. The quantitative estimate of drug-likeness (QED) is 0.702. The fourth-order valence-electron chi connectivity index (χ4n) is 3.02. The van der Waals surface area contributed by atoms with E-state index < -0.39 is 12.0 Å². The van der Waals surface area contributed by atoms with Crippen LogP contribution in [0.15, 0.2) is 54.6 Å². The van der Waals surface area contributed by atoms with Crippen molar-refractivity contribution in [3.8, 4) is 0 Å². The van der Waals surface area contributed by atoms with Gasteiger partial charge in [0.2, 0.25) is 5.91 Å². The molecule has 6 heteroatoms. The van der Waals surface area contributed by atoms with Gasteiger partial charge in [-0.05, 0) is 31.9 Å². The Morgan fingerprint density at radius 2 is 1.70 bits per heavy atom. The summed E-state index contributed by atoms with van der Waals surface area (Å²) in [7, 11) is 0. The van der Waals surface area contributed by atoms with Crippen molar-refractivity contribution >= 4 is 23.3 Å². The van der Waals surface area contributed by atoms with Gasteiger partial charge in [0.15, 0.2) is 5.78 Å². The number of anilines is 1. The van der Waals surface area contributed by atoms with E-state index in [2.05, 4.69) is 5.32 Å². The molecule has 1 fully saturated rings. The number of ketones is 1. The number of carboxylic acids is 1. The lowest BCUT2D eigenvalue weighted by Crippen LogP contribution is -2.44. The van der Waals surface area contributed by atoms with Crippen molar-refractivity contribution in [1.29, 1.82) is 0 Å². The summed E-state index contributed by atoms with van der Waals surface area (Å²) in [5, 5.41) is 12.0. The smallest absolute Gasteiger partial charge is 0.320 e. The third-order valence-corrected chi connectivity index (χ3v) is 4.68. The third-order valence-electron chi connectivity index (χ3n) is 4.68. The Bertz CT molecular complexity index is 846. The van der Waals surface area contributed by atoms with Crippen molar-refractivity contribution in [3.05, 3.63) is 65.7 Å². The molecule has 1 atom stereocenters. The second kappa shape index (κ2) is 8.14. The van der Waals surface area contributed by atoms with Gasteiger partial charge in [0.25, 0.3) is 0 Å². The lowest BCUT2D eigenvalue weighted by atomic mass is 10.0. The maximum atomic E-state index is 12.7. The minimum absolute atomic E-state index is 0.0218. The van der Waals surface area contributed by atoms with Gasteiger partial charge in [-0.3, -0.25) is 19.3 Å². The molecule has 2 aromatic carbocycles. The molecule has 6 nitrogen and oxygen atoms in total. The van der Waals surface area contributed by atoms with Crippen LogP contribution in [0.5, 0.6) is 0 Å². The van der Waals surface area contributed by atoms with Gasteiger partial charge in [-0.1, -0.05) is 42.5 Å². The van der Waals surface area contributed by atoms with E-state index >= 15 is 0 Å². The summed E-state index contributed by atoms with van der Waals surface area (Å²) in [4.78, 5) is 38.3. The molecule has 0 radical (unpaired) electrons. The number of hydrogen-bond donors (Lipinski definition) is 2. The van der Waals surface area contributed by atoms with Crippen LogP contribution in [0, 0.1) is 0 Å². The highest BCUT2D eigenvalue weighted by Gasteiger charge is 2.36. The fraction of sp³-hybridized carbons (Fsp3) is 0.286. The number of benzene rings is 2. The van der Waals surface area contributed by atoms with E-state index in [1.54, 1.807) is 60.4 Å². The SMILES string of the molecule is CC(C(=O)O)N(CC(=O)Nc1ccccc1C(=O)c1ccccc1)C1CC1. The summed E-state index contributed by atoms with van der Waals surface area (Å²) < 4.78 is 0. The monoisotopic (exact) mass is 366 g/mol. The highest BCUT2D eigenvalue weighted by molar-refractivity contribution is 6.13. The molecule has 2 aromatic rings. The summed E-state index contributed by atoms with van der Waals surface area (Å²) in [5.74, 6) is -1.46. The van der Waals surface area contributed by atoms with Crippen LogP contribution in [0.25, 0.3) is 0 Å². The first-order valence-corrected chi connectivity index (χ1v) is 8.94. The Balaban J connectivity index is 1.75. The van der Waals surface area contributed by atoms with Gasteiger partial charge in [-0.25, -0.2) is 0 Å². The van der Waals surface area contributed by atoms with Gasteiger partial charge in [-0.2, -0.15) is 0 Å². The Morgan fingerprint density at radius 1 is 1.07 bits per heavy atom. The van der Waals surface area contributed by atoms with Crippen LogP contribution < -0.4 is 5.32 Å². The van der Waals surface area contributed by atoms with Gasteiger partial charge in [0.05, 0.1) is 12.2 Å². The number of carbonyl (C=O) groups excluding carboxylic acids is 2. The van der Waals surface area contributed by atoms with Crippen LogP contribution in [-0.2, 0) is 9.59 Å². The van der Waals surface area contributed by atoms with Gasteiger partial charge >= 0.3 is 5.97 Å². The molecular weight excluding hydrogens is 344 g/mol. The first kappa shape index (κ1) is 18.8. The molecule has 1 aliphatic rings. The summed E-state index contributed by atoms with van der Waals surface area (Å²) in [6, 6.07) is 15.1. The molecule has 0 aliphatic heterocycles. The number of amides is 1. The number of para-hydroxylation sites is 1. The molecule has 2 N–H and O–H groups in total. The van der Waals surface area contributed by atoms with Crippen molar-refractivity contribution in [1.82, 2.24) is 4.90 Å². The highest BCUT2D eigenvalue weighted by atomic mass is 16.4. The molecule has 0 heterocycles. The van der Waals surface area contributed by atoms with E-state index in [1.165, 1.54) is 0 Å². The highest BCUT2D eigenvalue weighted by Crippen LogP contribution is 2.28. The Morgan fingerprint density at radius 3 is 2.33 bits per heavy atom. The number of hydrogen-bond acceptors (Lipinski definition) is 4. The average Bonchev–Trinajstić information content (AvgIpc) is 3.51. The van der Waals surface area contributed by atoms with Crippen molar-refractivity contribution in [2.45, 2.75) is 31.8 Å². The van der Waals surface area contributed by atoms with Crippen LogP contribution in [-0.4, -0.2) is 46.3 Å². The van der Waals surface area contributed by atoms with Gasteiger partial charge in [0.1, 0.15) is 6.04 Å². The minimum Gasteiger partial charge on any atom is -0.480 e. The van der Waals surface area contributed by atoms with E-state index in [0.29, 0.717) is 16.8 Å². The normalized spacial score (nSPS) is 14.6. The number of nitrogens with one attached hydrogen (secondary N) is 1. The van der Waals surface area contributed by atoms with Gasteiger partial charge in [-0.15, -0.1) is 0 Å². The zero-order chi connectivity index (χ0) is 19.4. The van der Waals surface area contributed by atoms with Crippen molar-refractivity contribution < 1.29 is 19.5 Å². The van der Waals surface area contributed by atoms with Crippen LogP contribution >= 0.6 is 0 Å². The average molecular weight is 366 g/mol. The molecule has 1 amide bonds. The van der Waals surface area contributed by atoms with E-state index in [0.717, 1.165) is 12.8 Å². The lowest BCUT2D eigenvalue weighted by molar-refractivity contribution is -0.143. The number of nitrogens with zero attached hydrogens (tertiary/aromatic N) is 1. The molecule has 0 saturated heterocycles. The second-order valence-electron chi connectivity index (χ2n) is 6.71. The number of aliphatic carboxylic acids is 1. The molecule has 1 aliphatic carbocycles. The van der Waals surface area contributed by atoms with E-state index in [-0.39, 0.29) is 24.3 Å². The Labute approximate surface area is 157 Å². The lowest BCUT2D eigenvalue weighted by Gasteiger charge is -2.25.